The Morgan fingerprint density at radius 3 is 2.58 bits per heavy atom. The van der Waals surface area contributed by atoms with Crippen LogP contribution in [0.4, 0.5) is 0 Å². The highest BCUT2D eigenvalue weighted by Crippen LogP contribution is 2.23. The zero-order valence-electron chi connectivity index (χ0n) is 11.3. The van der Waals surface area contributed by atoms with E-state index in [4.69, 9.17) is 10.2 Å². The van der Waals surface area contributed by atoms with Crippen LogP contribution >= 0.6 is 0 Å². The summed E-state index contributed by atoms with van der Waals surface area (Å²) in [6.07, 6.45) is 0. The largest absolute Gasteiger partial charge is 0.463 e. The van der Waals surface area contributed by atoms with Gasteiger partial charge < -0.3 is 14.9 Å². The quantitative estimate of drug-likeness (QED) is 0.861. The van der Waals surface area contributed by atoms with E-state index in [1.165, 1.54) is 18.2 Å². The number of hydrogen-bond acceptors (Lipinski definition) is 4. The molecular weight excluding hydrogens is 242 g/mol. The molecule has 2 aromatic rings. The van der Waals surface area contributed by atoms with Crippen molar-refractivity contribution in [1.82, 2.24) is 0 Å². The molecule has 4 nitrogen and oxygen atoms in total. The van der Waals surface area contributed by atoms with Gasteiger partial charge in [0.2, 0.25) is 5.76 Å². The van der Waals surface area contributed by atoms with Gasteiger partial charge in [0.1, 0.15) is 5.76 Å². The number of methoxy groups -OCH3 is 1. The molecule has 4 heteroatoms. The van der Waals surface area contributed by atoms with Crippen molar-refractivity contribution >= 4 is 5.97 Å². The zero-order valence-corrected chi connectivity index (χ0v) is 11.3. The highest BCUT2D eigenvalue weighted by molar-refractivity contribution is 5.86. The van der Waals surface area contributed by atoms with Gasteiger partial charge in [-0.05, 0) is 42.7 Å². The van der Waals surface area contributed by atoms with Gasteiger partial charge in [-0.2, -0.15) is 0 Å². The van der Waals surface area contributed by atoms with Crippen molar-refractivity contribution in [3.63, 3.8) is 0 Å². The fourth-order valence-electron chi connectivity index (χ4n) is 1.85. The molecule has 0 radical (unpaired) electrons. The molecule has 100 valence electrons. The fraction of sp³-hybridized carbons (Fsp3) is 0.267. The molecule has 0 saturated carbocycles. The number of aryl methyl sites for hydroxylation is 2. The molecule has 2 rings (SSSR count). The molecule has 19 heavy (non-hydrogen) atoms. The molecule has 1 aromatic carbocycles. The van der Waals surface area contributed by atoms with Crippen LogP contribution in [0.1, 0.15) is 39.0 Å². The van der Waals surface area contributed by atoms with Crippen LogP contribution in [-0.4, -0.2) is 13.1 Å². The summed E-state index contributed by atoms with van der Waals surface area (Å²) in [4.78, 5) is 11.3. The lowest BCUT2D eigenvalue weighted by Gasteiger charge is -2.11. The first-order valence-electron chi connectivity index (χ1n) is 6.03. The molecule has 0 saturated heterocycles. The van der Waals surface area contributed by atoms with Crippen LogP contribution in [0.25, 0.3) is 0 Å². The van der Waals surface area contributed by atoms with Gasteiger partial charge in [0, 0.05) is 0 Å². The van der Waals surface area contributed by atoms with Gasteiger partial charge in [0.25, 0.3) is 0 Å². The standard InChI is InChI=1S/C15H17NO3/c1-9-4-5-11(8-10(9)2)14(16)12-6-7-13(19-12)15(17)18-3/h4-8,14H,16H2,1-3H3. The van der Waals surface area contributed by atoms with Crippen molar-refractivity contribution in [3.8, 4) is 0 Å². The minimum absolute atomic E-state index is 0.164. The van der Waals surface area contributed by atoms with E-state index in [1.54, 1.807) is 12.1 Å². The average molecular weight is 259 g/mol. The topological polar surface area (TPSA) is 65.5 Å². The minimum atomic E-state index is -0.501. The Kier molecular flexibility index (Phi) is 3.71. The summed E-state index contributed by atoms with van der Waals surface area (Å²) >= 11 is 0. The van der Waals surface area contributed by atoms with Crippen molar-refractivity contribution in [3.05, 3.63) is 58.5 Å². The van der Waals surface area contributed by atoms with E-state index >= 15 is 0 Å². The Bertz CT molecular complexity index is 601. The predicted molar refractivity (Wildman–Crippen MR) is 72.0 cm³/mol. The van der Waals surface area contributed by atoms with Crippen LogP contribution in [0.2, 0.25) is 0 Å². The number of furan rings is 1. The number of rotatable bonds is 3. The number of carbonyl (C=O) groups excluding carboxylic acids is 1. The summed E-state index contributed by atoms with van der Waals surface area (Å²) in [6, 6.07) is 8.90. The second-order valence-electron chi connectivity index (χ2n) is 4.51. The van der Waals surface area contributed by atoms with E-state index in [0.29, 0.717) is 5.76 Å². The molecule has 1 heterocycles. The fourth-order valence-corrected chi connectivity index (χ4v) is 1.85. The number of ether oxygens (including phenoxy) is 1. The van der Waals surface area contributed by atoms with E-state index < -0.39 is 12.0 Å². The molecular formula is C15H17NO3. The lowest BCUT2D eigenvalue weighted by molar-refractivity contribution is 0.0562. The van der Waals surface area contributed by atoms with Crippen LogP contribution in [0, 0.1) is 13.8 Å². The van der Waals surface area contributed by atoms with E-state index in [1.807, 2.05) is 32.0 Å². The molecule has 0 aliphatic carbocycles. The van der Waals surface area contributed by atoms with E-state index in [9.17, 15) is 4.79 Å². The second-order valence-corrected chi connectivity index (χ2v) is 4.51. The average Bonchev–Trinajstić information content (AvgIpc) is 2.89. The summed E-state index contributed by atoms with van der Waals surface area (Å²) in [7, 11) is 1.31. The minimum Gasteiger partial charge on any atom is -0.463 e. The Labute approximate surface area is 112 Å². The van der Waals surface area contributed by atoms with Crippen molar-refractivity contribution in [2.24, 2.45) is 5.73 Å². The first kappa shape index (κ1) is 13.4. The smallest absolute Gasteiger partial charge is 0.373 e. The first-order valence-corrected chi connectivity index (χ1v) is 6.03. The van der Waals surface area contributed by atoms with Crippen molar-refractivity contribution in [2.45, 2.75) is 19.9 Å². The van der Waals surface area contributed by atoms with Crippen LogP contribution in [-0.2, 0) is 4.74 Å². The predicted octanol–water partition coefficient (Wildman–Crippen LogP) is 2.73. The summed E-state index contributed by atoms with van der Waals surface area (Å²) in [6.45, 7) is 4.08. The maximum atomic E-state index is 11.3. The summed E-state index contributed by atoms with van der Waals surface area (Å²) in [5, 5.41) is 0. The molecule has 1 aromatic heterocycles. The highest BCUT2D eigenvalue weighted by atomic mass is 16.5. The molecule has 1 atom stereocenters. The van der Waals surface area contributed by atoms with Gasteiger partial charge >= 0.3 is 5.97 Å². The van der Waals surface area contributed by atoms with Gasteiger partial charge in [-0.25, -0.2) is 4.79 Å². The van der Waals surface area contributed by atoms with E-state index in [0.717, 1.165) is 5.56 Å². The molecule has 0 bridgehead atoms. The maximum absolute atomic E-state index is 11.3. The van der Waals surface area contributed by atoms with Crippen molar-refractivity contribution in [1.29, 1.82) is 0 Å². The molecule has 1 unspecified atom stereocenters. The Hall–Kier alpha value is -2.07. The number of hydrogen-bond donors (Lipinski definition) is 1. The van der Waals surface area contributed by atoms with Crippen molar-refractivity contribution < 1.29 is 13.9 Å². The normalized spacial score (nSPS) is 12.2. The van der Waals surface area contributed by atoms with Crippen LogP contribution < -0.4 is 5.73 Å². The molecule has 0 amide bonds. The maximum Gasteiger partial charge on any atom is 0.373 e. The lowest BCUT2D eigenvalue weighted by Crippen LogP contribution is -2.11. The molecule has 0 fully saturated rings. The monoisotopic (exact) mass is 259 g/mol. The number of benzene rings is 1. The number of esters is 1. The SMILES string of the molecule is COC(=O)c1ccc(C(N)c2ccc(C)c(C)c2)o1. The third-order valence-electron chi connectivity index (χ3n) is 3.21. The van der Waals surface area contributed by atoms with Crippen LogP contribution in [0.3, 0.4) is 0 Å². The van der Waals surface area contributed by atoms with Gasteiger partial charge in [0.05, 0.1) is 13.2 Å². The highest BCUT2D eigenvalue weighted by Gasteiger charge is 2.17. The summed E-state index contributed by atoms with van der Waals surface area (Å²) in [5.41, 5.74) is 9.48. The van der Waals surface area contributed by atoms with Gasteiger partial charge in [0.15, 0.2) is 0 Å². The third kappa shape index (κ3) is 2.69. The number of nitrogens with two attached hydrogens (primary N) is 1. The first-order chi connectivity index (χ1) is 9.02. The molecule has 0 spiro atoms. The summed E-state index contributed by atoms with van der Waals surface area (Å²) < 4.78 is 10.0. The van der Waals surface area contributed by atoms with Gasteiger partial charge in [-0.15, -0.1) is 0 Å². The van der Waals surface area contributed by atoms with Crippen molar-refractivity contribution in [2.75, 3.05) is 7.11 Å². The lowest BCUT2D eigenvalue weighted by atomic mass is 10.0. The van der Waals surface area contributed by atoms with Gasteiger partial charge in [-0.3, -0.25) is 0 Å². The Morgan fingerprint density at radius 2 is 1.95 bits per heavy atom. The number of carbonyl (C=O) groups is 1. The Morgan fingerprint density at radius 1 is 1.21 bits per heavy atom. The van der Waals surface area contributed by atoms with Gasteiger partial charge in [-0.1, -0.05) is 18.2 Å². The molecule has 0 aliphatic rings. The Balaban J connectivity index is 2.28. The van der Waals surface area contributed by atoms with E-state index in [2.05, 4.69) is 4.74 Å². The van der Waals surface area contributed by atoms with Crippen LogP contribution in [0.5, 0.6) is 0 Å². The molecule has 0 aliphatic heterocycles. The van der Waals surface area contributed by atoms with E-state index in [-0.39, 0.29) is 5.76 Å². The zero-order chi connectivity index (χ0) is 14.0. The second kappa shape index (κ2) is 5.28. The summed E-state index contributed by atoms with van der Waals surface area (Å²) in [5.74, 6) is 0.207. The molecule has 2 N–H and O–H groups in total. The third-order valence-corrected chi connectivity index (χ3v) is 3.21. The van der Waals surface area contributed by atoms with Crippen LogP contribution in [0.15, 0.2) is 34.7 Å².